The lowest BCUT2D eigenvalue weighted by Gasteiger charge is -2.48. The predicted octanol–water partition coefficient (Wildman–Crippen LogP) is 4.81. The van der Waals surface area contributed by atoms with Crippen molar-refractivity contribution in [1.29, 1.82) is 0 Å². The van der Waals surface area contributed by atoms with Gasteiger partial charge in [-0.2, -0.15) is 0 Å². The molecule has 0 bridgehead atoms. The lowest BCUT2D eigenvalue weighted by Crippen LogP contribution is -2.66. The molecule has 0 radical (unpaired) electrons. The standard InChI is InChI=1S/C60H101NO18/c1-3-5-7-8-9-10-11-12-13-14-15-16-17-18-19-20-21-22-23-24-25-26-27-28-29-30-31-32-33-34-36-38-48(66)61-43(44(65)37-35-6-4-2)42-74-58-54(72)51(69)56(46(40-63)76-58)79-60-55(73)52(70)57(47(41-64)77-60)78-59-53(71)50(68)49(67)45(39-62)75-59/h5,7,9-10,12-13,15-16,18-19,21-22,24-25,43-47,49-60,62-65,67-73H,3-4,6,8,11,14,17,20,23,26-42H2,1-2H3,(H,61,66)/b7-5-,10-9-,13-12-,16-15-,19-18-,22-21-,25-24-. The Morgan fingerprint density at radius 1 is 0.468 bits per heavy atom. The largest absolute Gasteiger partial charge is 0.394 e. The number of ether oxygens (including phenoxy) is 6. The summed E-state index contributed by atoms with van der Waals surface area (Å²) >= 11 is 0. The molecule has 3 aliphatic heterocycles. The van der Waals surface area contributed by atoms with Crippen LogP contribution in [0, 0.1) is 0 Å². The molecule has 0 saturated carbocycles. The fraction of sp³-hybridized carbons (Fsp3) is 0.750. The lowest BCUT2D eigenvalue weighted by atomic mass is 9.96. The molecule has 3 aliphatic rings. The average molecular weight is 1120 g/mol. The van der Waals surface area contributed by atoms with Gasteiger partial charge in [0.2, 0.25) is 5.91 Å². The number of amides is 1. The van der Waals surface area contributed by atoms with Crippen LogP contribution in [0.15, 0.2) is 85.1 Å². The van der Waals surface area contributed by atoms with Crippen LogP contribution in [-0.4, -0.2) is 193 Å². The number of aliphatic hydroxyl groups is 11. The summed E-state index contributed by atoms with van der Waals surface area (Å²) in [5.74, 6) is -0.267. The highest BCUT2D eigenvalue weighted by atomic mass is 16.8. The number of rotatable bonds is 41. The van der Waals surface area contributed by atoms with Crippen LogP contribution in [-0.2, 0) is 33.2 Å². The number of carbonyl (C=O) groups excluding carboxylic acids is 1. The van der Waals surface area contributed by atoms with Crippen molar-refractivity contribution in [3.63, 3.8) is 0 Å². The Morgan fingerprint density at radius 3 is 1.34 bits per heavy atom. The summed E-state index contributed by atoms with van der Waals surface area (Å²) in [7, 11) is 0. The van der Waals surface area contributed by atoms with Gasteiger partial charge in [-0.05, 0) is 70.6 Å². The smallest absolute Gasteiger partial charge is 0.220 e. The SMILES string of the molecule is CC/C=C\C/C=C\C/C=C\C/C=C\C/C=C\C/C=C\C/C=C\CCCCCCCCCCCC(=O)NC(COC1OC(CO)C(OC2OC(CO)C(OC3OC(CO)C(O)C(O)C3O)C(O)C2O)C(O)C1O)C(O)CCCCC. The topological polar surface area (TPSA) is 307 Å². The van der Waals surface area contributed by atoms with Crippen molar-refractivity contribution in [3.8, 4) is 0 Å². The molecular formula is C60H101NO18. The van der Waals surface area contributed by atoms with E-state index in [4.69, 9.17) is 28.4 Å². The molecule has 0 aromatic rings. The van der Waals surface area contributed by atoms with Crippen LogP contribution < -0.4 is 5.32 Å². The highest BCUT2D eigenvalue weighted by Crippen LogP contribution is 2.33. The highest BCUT2D eigenvalue weighted by molar-refractivity contribution is 5.76. The van der Waals surface area contributed by atoms with E-state index in [1.165, 1.54) is 25.7 Å². The number of nitrogens with one attached hydrogen (secondary N) is 1. The quantitative estimate of drug-likeness (QED) is 0.0289. The zero-order chi connectivity index (χ0) is 57.6. The maximum atomic E-state index is 13.1. The second-order valence-electron chi connectivity index (χ2n) is 20.7. The molecule has 1 amide bonds. The fourth-order valence-electron chi connectivity index (χ4n) is 9.41. The van der Waals surface area contributed by atoms with Crippen LogP contribution in [0.2, 0.25) is 0 Å². The number of carbonyl (C=O) groups is 1. The van der Waals surface area contributed by atoms with E-state index in [9.17, 15) is 61.0 Å². The van der Waals surface area contributed by atoms with Crippen molar-refractivity contribution in [3.05, 3.63) is 85.1 Å². The molecule has 0 aromatic carbocycles. The molecule has 0 spiro atoms. The maximum absolute atomic E-state index is 13.1. The van der Waals surface area contributed by atoms with E-state index in [-0.39, 0.29) is 18.9 Å². The average Bonchev–Trinajstić information content (AvgIpc) is 3.55. The first-order valence-electron chi connectivity index (χ1n) is 29.3. The van der Waals surface area contributed by atoms with E-state index in [2.05, 4.69) is 97.3 Å². The summed E-state index contributed by atoms with van der Waals surface area (Å²) < 4.78 is 34.0. The molecule has 0 aliphatic carbocycles. The Hall–Kier alpha value is -3.03. The summed E-state index contributed by atoms with van der Waals surface area (Å²) in [6.07, 6.45) is 25.2. The van der Waals surface area contributed by atoms with Crippen molar-refractivity contribution in [1.82, 2.24) is 5.32 Å². The number of hydrogen-bond donors (Lipinski definition) is 12. The fourth-order valence-corrected chi connectivity index (χ4v) is 9.41. The number of allylic oxidation sites excluding steroid dienone is 14. The van der Waals surface area contributed by atoms with Crippen molar-refractivity contribution < 1.29 is 89.4 Å². The molecular weight excluding hydrogens is 1020 g/mol. The minimum Gasteiger partial charge on any atom is -0.394 e. The molecule has 3 rings (SSSR count). The van der Waals surface area contributed by atoms with Crippen LogP contribution in [0.25, 0.3) is 0 Å². The zero-order valence-electron chi connectivity index (χ0n) is 47.1. The Labute approximate surface area is 470 Å². The van der Waals surface area contributed by atoms with E-state index in [0.717, 1.165) is 89.9 Å². The third-order valence-electron chi connectivity index (χ3n) is 14.2. The third-order valence-corrected chi connectivity index (χ3v) is 14.2. The number of unbranched alkanes of at least 4 members (excludes halogenated alkanes) is 11. The third kappa shape index (κ3) is 26.8. The summed E-state index contributed by atoms with van der Waals surface area (Å²) in [6, 6.07) is -0.891. The summed E-state index contributed by atoms with van der Waals surface area (Å²) in [5, 5.41) is 119. The molecule has 17 unspecified atom stereocenters. The van der Waals surface area contributed by atoms with E-state index >= 15 is 0 Å². The van der Waals surface area contributed by atoms with Gasteiger partial charge in [-0.1, -0.05) is 163 Å². The van der Waals surface area contributed by atoms with Gasteiger partial charge in [0, 0.05) is 6.42 Å². The molecule has 3 saturated heterocycles. The van der Waals surface area contributed by atoms with E-state index in [1.54, 1.807) is 0 Å². The summed E-state index contributed by atoms with van der Waals surface area (Å²) in [5.41, 5.74) is 0. The zero-order valence-corrected chi connectivity index (χ0v) is 47.1. The van der Waals surface area contributed by atoms with Crippen LogP contribution in [0.4, 0.5) is 0 Å². The summed E-state index contributed by atoms with van der Waals surface area (Å²) in [6.45, 7) is 1.45. The Bertz CT molecular complexity index is 1770. The van der Waals surface area contributed by atoms with Crippen LogP contribution in [0.5, 0.6) is 0 Å². The second-order valence-corrected chi connectivity index (χ2v) is 20.7. The monoisotopic (exact) mass is 1120 g/mol. The van der Waals surface area contributed by atoms with Gasteiger partial charge >= 0.3 is 0 Å². The number of aliphatic hydroxyl groups excluding tert-OH is 11. The Morgan fingerprint density at radius 2 is 0.873 bits per heavy atom. The minimum absolute atomic E-state index is 0.250. The minimum atomic E-state index is -1.97. The normalized spacial score (nSPS) is 30.9. The van der Waals surface area contributed by atoms with Crippen LogP contribution >= 0.6 is 0 Å². The molecule has 17 atom stereocenters. The van der Waals surface area contributed by atoms with E-state index in [0.29, 0.717) is 19.3 Å². The van der Waals surface area contributed by atoms with Crippen molar-refractivity contribution in [2.75, 3.05) is 26.4 Å². The van der Waals surface area contributed by atoms with Crippen LogP contribution in [0.1, 0.15) is 155 Å². The molecule has 12 N–H and O–H groups in total. The molecule has 79 heavy (non-hydrogen) atoms. The van der Waals surface area contributed by atoms with Gasteiger partial charge < -0.3 is 89.9 Å². The molecule has 3 heterocycles. The molecule has 19 nitrogen and oxygen atoms in total. The lowest BCUT2D eigenvalue weighted by molar-refractivity contribution is -0.379. The summed E-state index contributed by atoms with van der Waals surface area (Å²) in [4.78, 5) is 13.1. The Kier molecular flexibility index (Phi) is 38.0. The van der Waals surface area contributed by atoms with Crippen molar-refractivity contribution >= 4 is 5.91 Å². The predicted molar refractivity (Wildman–Crippen MR) is 300 cm³/mol. The molecule has 454 valence electrons. The van der Waals surface area contributed by atoms with Gasteiger partial charge in [0.25, 0.3) is 0 Å². The second kappa shape index (κ2) is 42.7. The highest BCUT2D eigenvalue weighted by Gasteiger charge is 2.53. The van der Waals surface area contributed by atoms with E-state index < -0.39 is 124 Å². The maximum Gasteiger partial charge on any atom is 0.220 e. The van der Waals surface area contributed by atoms with Crippen molar-refractivity contribution in [2.24, 2.45) is 0 Å². The number of hydrogen-bond acceptors (Lipinski definition) is 18. The first-order chi connectivity index (χ1) is 38.3. The molecule has 3 fully saturated rings. The van der Waals surface area contributed by atoms with Gasteiger partial charge in [-0.25, -0.2) is 0 Å². The van der Waals surface area contributed by atoms with Gasteiger partial charge in [-0.15, -0.1) is 0 Å². The van der Waals surface area contributed by atoms with E-state index in [1.807, 2.05) is 6.92 Å². The first kappa shape index (κ1) is 70.2. The molecule has 0 aromatic heterocycles. The van der Waals surface area contributed by atoms with Crippen LogP contribution in [0.3, 0.4) is 0 Å². The van der Waals surface area contributed by atoms with Gasteiger partial charge in [0.15, 0.2) is 18.9 Å². The van der Waals surface area contributed by atoms with Gasteiger partial charge in [0.1, 0.15) is 73.2 Å². The van der Waals surface area contributed by atoms with Crippen molar-refractivity contribution in [2.45, 2.75) is 259 Å². The molecule has 19 heteroatoms. The first-order valence-corrected chi connectivity index (χ1v) is 29.3. The van der Waals surface area contributed by atoms with Gasteiger partial charge in [-0.3, -0.25) is 4.79 Å². The van der Waals surface area contributed by atoms with Gasteiger partial charge in [0.05, 0.1) is 38.6 Å². The Balaban J connectivity index is 1.31.